The van der Waals surface area contributed by atoms with Crippen molar-refractivity contribution in [1.82, 2.24) is 0 Å². The molecule has 0 N–H and O–H groups in total. The number of hydrogen-bond acceptors (Lipinski definition) is 2. The Morgan fingerprint density at radius 3 is 1.63 bits per heavy atom. The Kier molecular flexibility index (Phi) is 9.24. The fraction of sp³-hybridized carbons (Fsp3) is 0.188. The van der Waals surface area contributed by atoms with Crippen LogP contribution in [0.3, 0.4) is 0 Å². The van der Waals surface area contributed by atoms with Crippen molar-refractivity contribution < 1.29 is 49.0 Å². The second-order valence-corrected chi connectivity index (χ2v) is 9.40. The van der Waals surface area contributed by atoms with E-state index in [-0.39, 0.29) is 16.9 Å². The van der Waals surface area contributed by atoms with Crippen molar-refractivity contribution in [3.63, 3.8) is 0 Å². The third-order valence-electron chi connectivity index (χ3n) is 6.35. The molecule has 0 aliphatic carbocycles. The maximum absolute atomic E-state index is 14.9. The van der Waals surface area contributed by atoms with Crippen molar-refractivity contribution >= 4 is 0 Å². The Morgan fingerprint density at radius 2 is 1.12 bits per heavy atom. The van der Waals surface area contributed by atoms with Crippen LogP contribution in [-0.4, -0.2) is 6.36 Å². The number of aryl methyl sites for hydroxylation is 1. The van der Waals surface area contributed by atoms with Gasteiger partial charge in [0.25, 0.3) is 0 Å². The predicted octanol–water partition coefficient (Wildman–Crippen LogP) is 10.5. The number of halogens is 9. The molecule has 0 saturated heterocycles. The zero-order chi connectivity index (χ0) is 31.4. The number of benzene rings is 4. The number of rotatable bonds is 10. The second kappa shape index (κ2) is 12.5. The monoisotopic (exact) mass is 610 g/mol. The highest BCUT2D eigenvalue weighted by Crippen LogP contribution is 2.40. The summed E-state index contributed by atoms with van der Waals surface area (Å²) in [7, 11) is 0. The van der Waals surface area contributed by atoms with E-state index in [0.717, 1.165) is 53.8 Å². The van der Waals surface area contributed by atoms with Gasteiger partial charge in [0.1, 0.15) is 22.9 Å². The fourth-order valence-corrected chi connectivity index (χ4v) is 4.27. The summed E-state index contributed by atoms with van der Waals surface area (Å²) >= 11 is 0. The van der Waals surface area contributed by atoms with Crippen LogP contribution in [0.4, 0.5) is 39.5 Å². The van der Waals surface area contributed by atoms with Crippen LogP contribution >= 0.6 is 0 Å². The van der Waals surface area contributed by atoms with E-state index >= 15 is 0 Å². The average Bonchev–Trinajstić information content (AvgIpc) is 2.92. The van der Waals surface area contributed by atoms with Crippen molar-refractivity contribution in [2.45, 2.75) is 38.3 Å². The van der Waals surface area contributed by atoms with Crippen LogP contribution in [-0.2, 0) is 23.4 Å². The summed E-state index contributed by atoms with van der Waals surface area (Å²) in [6.07, 6.45) is -9.11. The van der Waals surface area contributed by atoms with Crippen LogP contribution in [0.5, 0.6) is 5.75 Å². The van der Waals surface area contributed by atoms with E-state index in [1.165, 1.54) is 24.3 Å². The van der Waals surface area contributed by atoms with Crippen molar-refractivity contribution in [2.24, 2.45) is 0 Å². The summed E-state index contributed by atoms with van der Waals surface area (Å²) in [5.41, 5.74) is -0.315. The first kappa shape index (κ1) is 31.7. The Balaban J connectivity index is 1.46. The van der Waals surface area contributed by atoms with E-state index in [9.17, 15) is 39.5 Å². The number of hydrogen-bond donors (Lipinski definition) is 0. The van der Waals surface area contributed by atoms with Crippen LogP contribution in [0.2, 0.25) is 0 Å². The smallest absolute Gasteiger partial charge is 0.429 e. The average molecular weight is 611 g/mol. The molecule has 0 heterocycles. The Hall–Kier alpha value is -4.25. The van der Waals surface area contributed by atoms with E-state index in [1.807, 2.05) is 37.3 Å². The van der Waals surface area contributed by atoms with Gasteiger partial charge in [-0.3, -0.25) is 0 Å². The SMILES string of the molecule is CC=CCCc1ccc(-c2ccc(C(F)(F)Oc3ccc(-c4cc(F)c(C(F)(F)OC(F)(F)F)c(F)c4)cc3)cc2)cc1. The van der Waals surface area contributed by atoms with Gasteiger partial charge in [-0.05, 0) is 84.0 Å². The van der Waals surface area contributed by atoms with Crippen LogP contribution < -0.4 is 4.74 Å². The van der Waals surface area contributed by atoms with Gasteiger partial charge in [0.15, 0.2) is 0 Å². The molecule has 0 bridgehead atoms. The zero-order valence-corrected chi connectivity index (χ0v) is 22.4. The molecular weight excluding hydrogens is 587 g/mol. The molecule has 11 heteroatoms. The summed E-state index contributed by atoms with van der Waals surface area (Å²) in [5, 5.41) is 0. The van der Waals surface area contributed by atoms with Gasteiger partial charge in [-0.25, -0.2) is 13.5 Å². The first-order chi connectivity index (χ1) is 20.2. The van der Waals surface area contributed by atoms with Crippen molar-refractivity contribution in [2.75, 3.05) is 0 Å². The van der Waals surface area contributed by atoms with Gasteiger partial charge in [-0.2, -0.15) is 17.6 Å². The third kappa shape index (κ3) is 7.98. The first-order valence-electron chi connectivity index (χ1n) is 12.8. The molecule has 0 aliphatic rings. The van der Waals surface area contributed by atoms with E-state index < -0.39 is 41.3 Å². The van der Waals surface area contributed by atoms with Crippen LogP contribution in [0.1, 0.15) is 30.0 Å². The lowest BCUT2D eigenvalue weighted by Crippen LogP contribution is -2.29. The third-order valence-corrected chi connectivity index (χ3v) is 6.35. The van der Waals surface area contributed by atoms with Gasteiger partial charge in [-0.1, -0.05) is 60.7 Å². The number of ether oxygens (including phenoxy) is 2. The number of allylic oxidation sites excluding steroid dienone is 2. The Labute approximate surface area is 241 Å². The number of alkyl halides is 7. The molecule has 0 aromatic heterocycles. The lowest BCUT2D eigenvalue weighted by atomic mass is 10.0. The molecule has 4 aromatic carbocycles. The van der Waals surface area contributed by atoms with Gasteiger partial charge >= 0.3 is 18.6 Å². The molecule has 0 radical (unpaired) electrons. The fourth-order valence-electron chi connectivity index (χ4n) is 4.27. The van der Waals surface area contributed by atoms with E-state index in [4.69, 9.17) is 4.74 Å². The van der Waals surface area contributed by atoms with Crippen molar-refractivity contribution in [1.29, 1.82) is 0 Å². The highest BCUT2D eigenvalue weighted by molar-refractivity contribution is 5.65. The molecule has 226 valence electrons. The topological polar surface area (TPSA) is 18.5 Å². The molecule has 0 fully saturated rings. The molecule has 4 rings (SSSR count). The first-order valence-corrected chi connectivity index (χ1v) is 12.8. The Bertz CT molecular complexity index is 1540. The maximum Gasteiger partial charge on any atom is 0.527 e. The quantitative estimate of drug-likeness (QED) is 0.131. The van der Waals surface area contributed by atoms with Gasteiger partial charge in [0.05, 0.1) is 5.56 Å². The summed E-state index contributed by atoms with van der Waals surface area (Å²) < 4.78 is 130. The summed E-state index contributed by atoms with van der Waals surface area (Å²) in [6.45, 7) is 1.95. The van der Waals surface area contributed by atoms with Crippen LogP contribution in [0.15, 0.2) is 97.1 Å². The van der Waals surface area contributed by atoms with Gasteiger partial charge in [0.2, 0.25) is 0 Å². The lowest BCUT2D eigenvalue weighted by Gasteiger charge is -2.20. The summed E-state index contributed by atoms with van der Waals surface area (Å²) in [4.78, 5) is 0. The molecule has 0 spiro atoms. The van der Waals surface area contributed by atoms with Crippen LogP contribution in [0.25, 0.3) is 22.3 Å². The zero-order valence-electron chi connectivity index (χ0n) is 22.4. The molecule has 2 nitrogen and oxygen atoms in total. The molecular formula is C32H23F9O2. The lowest BCUT2D eigenvalue weighted by molar-refractivity contribution is -0.432. The predicted molar refractivity (Wildman–Crippen MR) is 142 cm³/mol. The molecule has 0 saturated carbocycles. The molecule has 0 atom stereocenters. The minimum atomic E-state index is -5.86. The molecule has 0 unspecified atom stereocenters. The van der Waals surface area contributed by atoms with Crippen molar-refractivity contribution in [3.05, 3.63) is 125 Å². The second-order valence-electron chi connectivity index (χ2n) is 9.40. The molecule has 43 heavy (non-hydrogen) atoms. The highest BCUT2D eigenvalue weighted by Gasteiger charge is 2.49. The summed E-state index contributed by atoms with van der Waals surface area (Å²) in [5.74, 6) is -4.33. The summed E-state index contributed by atoms with van der Waals surface area (Å²) in [6, 6.07) is 18.3. The largest absolute Gasteiger partial charge is 0.527 e. The molecule has 0 aliphatic heterocycles. The van der Waals surface area contributed by atoms with Gasteiger partial charge < -0.3 is 4.74 Å². The minimum absolute atomic E-state index is 0.0164. The van der Waals surface area contributed by atoms with Gasteiger partial charge in [-0.15, -0.1) is 13.2 Å². The van der Waals surface area contributed by atoms with Gasteiger partial charge in [0, 0.05) is 0 Å². The molecule has 0 amide bonds. The van der Waals surface area contributed by atoms with Crippen LogP contribution in [0, 0.1) is 11.6 Å². The standard InChI is InChI=1S/C32H23F9O2/c1-2-3-4-5-20-6-8-21(9-7-20)22-10-14-25(15-11-22)30(35,36)42-26-16-12-23(13-17-26)24-18-27(33)29(28(34)19-24)31(37,38)43-32(39,40)41/h2-3,6-19H,4-5H2,1H3. The normalized spacial score (nSPS) is 12.6. The molecule has 4 aromatic rings. The van der Waals surface area contributed by atoms with Crippen molar-refractivity contribution in [3.8, 4) is 28.0 Å². The van der Waals surface area contributed by atoms with E-state index in [2.05, 4.69) is 10.8 Å². The minimum Gasteiger partial charge on any atom is -0.429 e. The maximum atomic E-state index is 14.9. The van der Waals surface area contributed by atoms with E-state index in [0.29, 0.717) is 12.1 Å². The van der Waals surface area contributed by atoms with E-state index in [1.54, 1.807) is 0 Å². The Morgan fingerprint density at radius 1 is 0.628 bits per heavy atom. The highest BCUT2D eigenvalue weighted by atomic mass is 19.4.